The normalized spacial score (nSPS) is 7.00. The third-order valence-electron chi connectivity index (χ3n) is 0.707. The van der Waals surface area contributed by atoms with E-state index in [0.29, 0.717) is 0 Å². The van der Waals surface area contributed by atoms with E-state index in [9.17, 15) is 0 Å². The summed E-state index contributed by atoms with van der Waals surface area (Å²) in [6.45, 7) is 4.42. The van der Waals surface area contributed by atoms with Gasteiger partial charge < -0.3 is 6.15 Å². The summed E-state index contributed by atoms with van der Waals surface area (Å²) >= 11 is 0. The maximum Gasteiger partial charge on any atom is -0.0538 e. The van der Waals surface area contributed by atoms with Gasteiger partial charge in [-0.2, -0.15) is 0 Å². The first kappa shape index (κ1) is 9.35. The van der Waals surface area contributed by atoms with Gasteiger partial charge in [0.25, 0.3) is 0 Å². The molecule has 0 aliphatic carbocycles. The molecule has 1 nitrogen and oxygen atoms in total. The van der Waals surface area contributed by atoms with Crippen LogP contribution < -0.4 is 6.15 Å². The summed E-state index contributed by atoms with van der Waals surface area (Å²) in [5.41, 5.74) is 0. The SMILES string of the molecule is CCCCC.N. The van der Waals surface area contributed by atoms with E-state index in [1.54, 1.807) is 0 Å². The highest BCUT2D eigenvalue weighted by atomic mass is 14.0. The minimum atomic E-state index is 0. The molecule has 0 aromatic carbocycles. The van der Waals surface area contributed by atoms with Crippen molar-refractivity contribution in [1.29, 1.82) is 0 Å². The highest BCUT2D eigenvalue weighted by Crippen LogP contribution is 1.88. The monoisotopic (exact) mass is 89.1 g/mol. The fourth-order valence-electron chi connectivity index (χ4n) is 0.354. The van der Waals surface area contributed by atoms with Gasteiger partial charge >= 0.3 is 0 Å². The van der Waals surface area contributed by atoms with Gasteiger partial charge in [0.1, 0.15) is 0 Å². The first-order chi connectivity index (χ1) is 2.41. The molecule has 0 amide bonds. The van der Waals surface area contributed by atoms with Crippen molar-refractivity contribution in [3.63, 3.8) is 0 Å². The first-order valence-corrected chi connectivity index (χ1v) is 2.41. The van der Waals surface area contributed by atoms with E-state index in [-0.39, 0.29) is 6.15 Å². The van der Waals surface area contributed by atoms with Crippen LogP contribution in [0.2, 0.25) is 0 Å². The van der Waals surface area contributed by atoms with Crippen LogP contribution in [0.25, 0.3) is 0 Å². The minimum Gasteiger partial charge on any atom is -0.344 e. The summed E-state index contributed by atoms with van der Waals surface area (Å²) in [5.74, 6) is 0. The van der Waals surface area contributed by atoms with Crippen molar-refractivity contribution in [1.82, 2.24) is 6.15 Å². The van der Waals surface area contributed by atoms with Gasteiger partial charge in [-0.3, -0.25) is 0 Å². The van der Waals surface area contributed by atoms with Crippen LogP contribution in [0, 0.1) is 0 Å². The molecule has 40 valence electrons. The standard InChI is InChI=1S/C5H12.H3N/c1-3-5-4-2;/h3-5H2,1-2H3;1H3. The van der Waals surface area contributed by atoms with Crippen LogP contribution in [-0.2, 0) is 0 Å². The van der Waals surface area contributed by atoms with E-state index < -0.39 is 0 Å². The fraction of sp³-hybridized carbons (Fsp3) is 1.00. The Labute approximate surface area is 40.3 Å². The molecule has 0 rings (SSSR count). The van der Waals surface area contributed by atoms with Crippen LogP contribution in [0.4, 0.5) is 0 Å². The second kappa shape index (κ2) is 8.88. The number of hydrogen-bond donors (Lipinski definition) is 1. The Bertz CT molecular complexity index is 11.4. The van der Waals surface area contributed by atoms with Crippen LogP contribution in [0.1, 0.15) is 33.1 Å². The lowest BCUT2D eigenvalue weighted by Gasteiger charge is -1.79. The number of rotatable bonds is 2. The smallest absolute Gasteiger partial charge is 0.0538 e. The highest BCUT2D eigenvalue weighted by Gasteiger charge is 1.68. The van der Waals surface area contributed by atoms with E-state index in [0.717, 1.165) is 0 Å². The van der Waals surface area contributed by atoms with Crippen LogP contribution in [0.3, 0.4) is 0 Å². The third-order valence-corrected chi connectivity index (χ3v) is 0.707. The molecule has 6 heavy (non-hydrogen) atoms. The molecule has 0 aliphatic rings. The molecule has 1 heteroatoms. The number of unbranched alkanes of at least 4 members (excludes halogenated alkanes) is 2. The van der Waals surface area contributed by atoms with Crippen molar-refractivity contribution >= 4 is 0 Å². The van der Waals surface area contributed by atoms with E-state index in [4.69, 9.17) is 0 Å². The Morgan fingerprint density at radius 3 is 1.33 bits per heavy atom. The van der Waals surface area contributed by atoms with Gasteiger partial charge in [0, 0.05) is 0 Å². The van der Waals surface area contributed by atoms with Gasteiger partial charge in [0.2, 0.25) is 0 Å². The lowest BCUT2D eigenvalue weighted by atomic mass is 10.3. The summed E-state index contributed by atoms with van der Waals surface area (Å²) in [6.07, 6.45) is 4.08. The molecule has 0 radical (unpaired) electrons. The molecule has 0 atom stereocenters. The lowest BCUT2D eigenvalue weighted by molar-refractivity contribution is 0.772. The van der Waals surface area contributed by atoms with Crippen molar-refractivity contribution in [3.05, 3.63) is 0 Å². The van der Waals surface area contributed by atoms with Crippen molar-refractivity contribution in [2.75, 3.05) is 0 Å². The largest absolute Gasteiger partial charge is 0.344 e. The Morgan fingerprint density at radius 1 is 1.00 bits per heavy atom. The van der Waals surface area contributed by atoms with Crippen molar-refractivity contribution in [2.24, 2.45) is 0 Å². The summed E-state index contributed by atoms with van der Waals surface area (Å²) in [7, 11) is 0. The molecule has 0 bridgehead atoms. The lowest BCUT2D eigenvalue weighted by Crippen LogP contribution is -1.59. The van der Waals surface area contributed by atoms with E-state index in [1.807, 2.05) is 0 Å². The minimum absolute atomic E-state index is 0. The van der Waals surface area contributed by atoms with Crippen LogP contribution in [0.15, 0.2) is 0 Å². The predicted octanol–water partition coefficient (Wildman–Crippen LogP) is 2.36. The fourth-order valence-corrected chi connectivity index (χ4v) is 0.354. The second-order valence-electron chi connectivity index (χ2n) is 1.35. The van der Waals surface area contributed by atoms with E-state index in [2.05, 4.69) is 13.8 Å². The van der Waals surface area contributed by atoms with Crippen LogP contribution in [0.5, 0.6) is 0 Å². The molecule has 0 saturated heterocycles. The van der Waals surface area contributed by atoms with E-state index in [1.165, 1.54) is 19.3 Å². The molecule has 0 saturated carbocycles. The van der Waals surface area contributed by atoms with Gasteiger partial charge in [0.15, 0.2) is 0 Å². The Hall–Kier alpha value is -0.0400. The molecule has 0 aliphatic heterocycles. The Kier molecular flexibility index (Phi) is 13.8. The average molecular weight is 89.2 g/mol. The third kappa shape index (κ3) is 9.03. The second-order valence-corrected chi connectivity index (χ2v) is 1.35. The zero-order chi connectivity index (χ0) is 4.12. The van der Waals surface area contributed by atoms with Crippen molar-refractivity contribution < 1.29 is 0 Å². The summed E-state index contributed by atoms with van der Waals surface area (Å²) in [5, 5.41) is 0. The Morgan fingerprint density at radius 2 is 1.33 bits per heavy atom. The first-order valence-electron chi connectivity index (χ1n) is 2.41. The van der Waals surface area contributed by atoms with Crippen molar-refractivity contribution in [3.8, 4) is 0 Å². The van der Waals surface area contributed by atoms with Gasteiger partial charge in [-0.15, -0.1) is 0 Å². The number of hydrogen-bond acceptors (Lipinski definition) is 1. The molecule has 0 fully saturated rings. The van der Waals surface area contributed by atoms with E-state index >= 15 is 0 Å². The summed E-state index contributed by atoms with van der Waals surface area (Å²) < 4.78 is 0. The quantitative estimate of drug-likeness (QED) is 0.553. The molecule has 0 aromatic rings. The molecule has 0 heterocycles. The molecule has 0 spiro atoms. The maximum atomic E-state index is 2.21. The molecular weight excluding hydrogens is 74.1 g/mol. The zero-order valence-electron chi connectivity index (χ0n) is 4.83. The molecule has 0 unspecified atom stereocenters. The molecular formula is C5H15N. The summed E-state index contributed by atoms with van der Waals surface area (Å²) in [6, 6.07) is 0. The average Bonchev–Trinajstić information content (AvgIpc) is 1.41. The van der Waals surface area contributed by atoms with Crippen LogP contribution in [-0.4, -0.2) is 0 Å². The highest BCUT2D eigenvalue weighted by molar-refractivity contribution is 4.24. The maximum absolute atomic E-state index is 2.21. The van der Waals surface area contributed by atoms with Crippen molar-refractivity contribution in [2.45, 2.75) is 33.1 Å². The molecule has 3 N–H and O–H groups in total. The predicted molar refractivity (Wildman–Crippen MR) is 30.2 cm³/mol. The van der Waals surface area contributed by atoms with Gasteiger partial charge in [-0.25, -0.2) is 0 Å². The van der Waals surface area contributed by atoms with Gasteiger partial charge in [0.05, 0.1) is 0 Å². The summed E-state index contributed by atoms with van der Waals surface area (Å²) in [4.78, 5) is 0. The van der Waals surface area contributed by atoms with Gasteiger partial charge in [-0.1, -0.05) is 33.1 Å². The zero-order valence-corrected chi connectivity index (χ0v) is 4.83. The topological polar surface area (TPSA) is 35.0 Å². The van der Waals surface area contributed by atoms with Gasteiger partial charge in [-0.05, 0) is 0 Å². The molecule has 0 aromatic heterocycles. The Balaban J connectivity index is 0. The van der Waals surface area contributed by atoms with Crippen LogP contribution >= 0.6 is 0 Å².